The summed E-state index contributed by atoms with van der Waals surface area (Å²) in [5.74, 6) is 1.95. The Morgan fingerprint density at radius 3 is 2.29 bits per heavy atom. The van der Waals surface area contributed by atoms with Crippen LogP contribution in [0.1, 0.15) is 5.56 Å². The van der Waals surface area contributed by atoms with E-state index in [2.05, 4.69) is 4.99 Å². The molecule has 2 heterocycles. The number of benzene rings is 3. The van der Waals surface area contributed by atoms with Crippen molar-refractivity contribution >= 4 is 38.4 Å². The topological polar surface area (TPSA) is 85.3 Å². The lowest BCUT2D eigenvalue weighted by atomic mass is 10.1. The molecule has 0 saturated carbocycles. The summed E-state index contributed by atoms with van der Waals surface area (Å²) in [6.45, 7) is 0. The van der Waals surface area contributed by atoms with Crippen LogP contribution in [0.5, 0.6) is 17.2 Å². The van der Waals surface area contributed by atoms with Crippen molar-refractivity contribution in [3.05, 3.63) is 84.4 Å². The summed E-state index contributed by atoms with van der Waals surface area (Å²) in [4.78, 5) is 19.1. The summed E-state index contributed by atoms with van der Waals surface area (Å²) in [6.07, 6.45) is 0.152. The van der Waals surface area contributed by atoms with E-state index >= 15 is 0 Å². The first-order valence-corrected chi connectivity index (χ1v) is 13.8. The van der Waals surface area contributed by atoms with E-state index in [1.54, 1.807) is 19.2 Å². The summed E-state index contributed by atoms with van der Waals surface area (Å²) < 4.78 is 35.7. The van der Waals surface area contributed by atoms with Crippen LogP contribution in [0.3, 0.4) is 0 Å². The van der Waals surface area contributed by atoms with Crippen molar-refractivity contribution in [1.82, 2.24) is 0 Å². The van der Waals surface area contributed by atoms with Crippen molar-refractivity contribution in [2.45, 2.75) is 17.7 Å². The van der Waals surface area contributed by atoms with Crippen LogP contribution in [-0.2, 0) is 21.1 Å². The van der Waals surface area contributed by atoms with E-state index in [1.165, 1.54) is 11.8 Å². The van der Waals surface area contributed by atoms with Gasteiger partial charge in [0.2, 0.25) is 0 Å². The smallest absolute Gasteiger partial charge is 0.252 e. The van der Waals surface area contributed by atoms with Crippen molar-refractivity contribution in [2.24, 2.45) is 4.99 Å². The molecule has 9 heteroatoms. The third-order valence-electron chi connectivity index (χ3n) is 5.90. The number of carbonyl (C=O) groups is 1. The molecule has 180 valence electrons. The van der Waals surface area contributed by atoms with Crippen LogP contribution < -0.4 is 14.4 Å². The van der Waals surface area contributed by atoms with E-state index in [1.807, 2.05) is 71.6 Å². The SMILES string of the molecule is COc1ccc(CC(=O)N=C2S[C@@H]3CS(=O)(=O)C[C@@H]3N2c2ccc(Oc3ccccc3)cc2)cc1. The second-order valence-electron chi connectivity index (χ2n) is 8.39. The van der Waals surface area contributed by atoms with Crippen LogP contribution in [0.15, 0.2) is 83.9 Å². The number of fused-ring (bicyclic) bond motifs is 1. The van der Waals surface area contributed by atoms with Gasteiger partial charge in [0.15, 0.2) is 15.0 Å². The first-order valence-electron chi connectivity index (χ1n) is 11.1. The highest BCUT2D eigenvalue weighted by Gasteiger charge is 2.49. The average Bonchev–Trinajstić information content (AvgIpc) is 3.31. The molecule has 2 atom stereocenters. The Labute approximate surface area is 208 Å². The third-order valence-corrected chi connectivity index (χ3v) is 9.10. The number of carbonyl (C=O) groups excluding carboxylic acids is 1. The molecular formula is C26H24N2O5S2. The minimum Gasteiger partial charge on any atom is -0.497 e. The zero-order valence-corrected chi connectivity index (χ0v) is 20.7. The molecule has 0 aromatic heterocycles. The lowest BCUT2D eigenvalue weighted by Gasteiger charge is -2.24. The van der Waals surface area contributed by atoms with Gasteiger partial charge in [0.25, 0.3) is 5.91 Å². The van der Waals surface area contributed by atoms with Gasteiger partial charge in [-0.05, 0) is 54.1 Å². The number of anilines is 1. The predicted molar refractivity (Wildman–Crippen MR) is 138 cm³/mol. The van der Waals surface area contributed by atoms with Gasteiger partial charge in [0.1, 0.15) is 17.2 Å². The first kappa shape index (κ1) is 23.4. The first-order chi connectivity index (χ1) is 16.9. The number of sulfone groups is 1. The van der Waals surface area contributed by atoms with Gasteiger partial charge in [0.05, 0.1) is 31.1 Å². The quantitative estimate of drug-likeness (QED) is 0.490. The number of methoxy groups -OCH3 is 1. The zero-order chi connectivity index (χ0) is 24.4. The minimum atomic E-state index is -3.14. The molecule has 3 aromatic carbocycles. The predicted octanol–water partition coefficient (Wildman–Crippen LogP) is 4.33. The molecular weight excluding hydrogens is 484 g/mol. The second-order valence-corrected chi connectivity index (χ2v) is 11.8. The molecule has 2 aliphatic heterocycles. The fourth-order valence-corrected chi connectivity index (χ4v) is 8.16. The molecule has 5 rings (SSSR count). The van der Waals surface area contributed by atoms with Crippen LogP contribution in [-0.4, -0.2) is 49.4 Å². The van der Waals surface area contributed by atoms with Crippen LogP contribution >= 0.6 is 11.8 Å². The van der Waals surface area contributed by atoms with Crippen molar-refractivity contribution in [1.29, 1.82) is 0 Å². The van der Waals surface area contributed by atoms with Gasteiger partial charge in [0, 0.05) is 10.9 Å². The molecule has 7 nitrogen and oxygen atoms in total. The highest BCUT2D eigenvalue weighted by atomic mass is 32.2. The van der Waals surface area contributed by atoms with Gasteiger partial charge in [-0.1, -0.05) is 42.1 Å². The lowest BCUT2D eigenvalue weighted by Crippen LogP contribution is -2.37. The maximum absolute atomic E-state index is 12.8. The van der Waals surface area contributed by atoms with Crippen LogP contribution in [0.25, 0.3) is 0 Å². The molecule has 0 spiro atoms. The van der Waals surface area contributed by atoms with Crippen LogP contribution in [0.2, 0.25) is 0 Å². The number of thioether (sulfide) groups is 1. The van der Waals surface area contributed by atoms with Gasteiger partial charge in [-0.2, -0.15) is 4.99 Å². The largest absolute Gasteiger partial charge is 0.497 e. The summed E-state index contributed by atoms with van der Waals surface area (Å²) in [5, 5.41) is 0.373. The summed E-state index contributed by atoms with van der Waals surface area (Å²) in [7, 11) is -1.55. The van der Waals surface area contributed by atoms with E-state index in [0.29, 0.717) is 10.9 Å². The maximum atomic E-state index is 12.8. The standard InChI is InChI=1S/C26H24N2O5S2/c1-32-20-11-7-18(8-12-20)15-25(29)27-26-28(23-16-35(30,31)17-24(23)34-26)19-9-13-22(14-10-19)33-21-5-3-2-4-6-21/h2-14,23-24H,15-17H2,1H3/t23-,24+/m0/s1. The molecule has 1 amide bonds. The minimum absolute atomic E-state index is 0.0403. The normalized spacial score (nSPS) is 21.6. The van der Waals surface area contributed by atoms with E-state index < -0.39 is 9.84 Å². The number of amidine groups is 1. The second kappa shape index (κ2) is 9.75. The van der Waals surface area contributed by atoms with Crippen molar-refractivity contribution < 1.29 is 22.7 Å². The Hall–Kier alpha value is -3.30. The molecule has 35 heavy (non-hydrogen) atoms. The molecule has 0 radical (unpaired) electrons. The Bertz CT molecular complexity index is 1340. The van der Waals surface area contributed by atoms with E-state index in [4.69, 9.17) is 9.47 Å². The molecule has 0 unspecified atom stereocenters. The molecule has 2 saturated heterocycles. The number of aliphatic imine (C=N–C) groups is 1. The van der Waals surface area contributed by atoms with Gasteiger partial charge >= 0.3 is 0 Å². The fourth-order valence-electron chi connectivity index (χ4n) is 4.23. The van der Waals surface area contributed by atoms with Gasteiger partial charge in [-0.3, -0.25) is 4.79 Å². The average molecular weight is 509 g/mol. The van der Waals surface area contributed by atoms with E-state index in [0.717, 1.165) is 22.7 Å². The number of hydrogen-bond donors (Lipinski definition) is 0. The van der Waals surface area contributed by atoms with E-state index in [9.17, 15) is 13.2 Å². The Morgan fingerprint density at radius 2 is 1.60 bits per heavy atom. The molecule has 0 aliphatic carbocycles. The zero-order valence-electron chi connectivity index (χ0n) is 19.0. The Kier molecular flexibility index (Phi) is 6.53. The van der Waals surface area contributed by atoms with Gasteiger partial charge < -0.3 is 14.4 Å². The van der Waals surface area contributed by atoms with Crippen molar-refractivity contribution in [3.8, 4) is 17.2 Å². The third kappa shape index (κ3) is 5.36. The number of ether oxygens (including phenoxy) is 2. The summed E-state index contributed by atoms with van der Waals surface area (Å²) >= 11 is 1.36. The van der Waals surface area contributed by atoms with Gasteiger partial charge in [-0.25, -0.2) is 8.42 Å². The summed E-state index contributed by atoms with van der Waals surface area (Å²) in [6, 6.07) is 23.9. The van der Waals surface area contributed by atoms with Crippen LogP contribution in [0, 0.1) is 0 Å². The number of rotatable bonds is 6. The Balaban J connectivity index is 1.38. The van der Waals surface area contributed by atoms with Gasteiger partial charge in [-0.15, -0.1) is 0 Å². The van der Waals surface area contributed by atoms with E-state index in [-0.39, 0.29) is 35.1 Å². The monoisotopic (exact) mass is 508 g/mol. The van der Waals surface area contributed by atoms with Crippen molar-refractivity contribution in [2.75, 3.05) is 23.5 Å². The highest BCUT2D eigenvalue weighted by molar-refractivity contribution is 8.16. The number of amides is 1. The number of para-hydroxylation sites is 1. The van der Waals surface area contributed by atoms with Crippen LogP contribution in [0.4, 0.5) is 5.69 Å². The fraction of sp³-hybridized carbons (Fsp3) is 0.231. The molecule has 2 fully saturated rings. The van der Waals surface area contributed by atoms with Crippen molar-refractivity contribution in [3.63, 3.8) is 0 Å². The molecule has 0 bridgehead atoms. The number of hydrogen-bond acceptors (Lipinski definition) is 6. The Morgan fingerprint density at radius 1 is 0.943 bits per heavy atom. The molecule has 2 aliphatic rings. The molecule has 0 N–H and O–H groups in total. The maximum Gasteiger partial charge on any atom is 0.252 e. The number of nitrogens with zero attached hydrogens (tertiary/aromatic N) is 2. The molecule has 3 aromatic rings. The lowest BCUT2D eigenvalue weighted by molar-refractivity contribution is -0.117. The summed E-state index contributed by atoms with van der Waals surface area (Å²) in [5.41, 5.74) is 1.61. The highest BCUT2D eigenvalue weighted by Crippen LogP contribution is 2.41.